The summed E-state index contributed by atoms with van der Waals surface area (Å²) in [7, 11) is 0. The Bertz CT molecular complexity index is 1530. The smallest absolute Gasteiger partial charge is 0.416 e. The van der Waals surface area contributed by atoms with Crippen LogP contribution in [0.15, 0.2) is 114 Å². The van der Waals surface area contributed by atoms with E-state index in [0.717, 1.165) is 57.0 Å². The van der Waals surface area contributed by atoms with Crippen LogP contribution in [0.3, 0.4) is 0 Å². The lowest BCUT2D eigenvalue weighted by atomic mass is 10.1. The Morgan fingerprint density at radius 2 is 1.17 bits per heavy atom. The van der Waals surface area contributed by atoms with E-state index in [1.54, 1.807) is 24.3 Å². The van der Waals surface area contributed by atoms with Gasteiger partial charge in [-0.05, 0) is 97.4 Å². The Morgan fingerprint density at radius 3 is 1.68 bits per heavy atom. The van der Waals surface area contributed by atoms with Crippen LogP contribution in [0.4, 0.5) is 41.6 Å². The summed E-state index contributed by atoms with van der Waals surface area (Å²) in [6.07, 6.45) is -2.42. The number of rotatable bonds is 4. The Kier molecular flexibility index (Phi) is 10.6. The van der Waals surface area contributed by atoms with Gasteiger partial charge in [-0.25, -0.2) is 0 Å². The number of aliphatic imine (C=N–C) groups is 1. The van der Waals surface area contributed by atoms with Gasteiger partial charge in [-0.1, -0.05) is 24.3 Å². The monoisotopic (exact) mass is 559 g/mol. The van der Waals surface area contributed by atoms with E-state index in [1.165, 1.54) is 12.1 Å². The van der Waals surface area contributed by atoms with Crippen molar-refractivity contribution in [2.75, 3.05) is 29.5 Å². The highest BCUT2D eigenvalue weighted by Gasteiger charge is 2.29. The van der Waals surface area contributed by atoms with Crippen LogP contribution in [0.2, 0.25) is 0 Å². The SMILES string of the molecule is CCOc1ccc(C=Nc2ccc(N)c3ccccc23)cc1.Nc1ccc(C(F)(F)F)cc1.Nc1ccc(N)cc1. The van der Waals surface area contributed by atoms with Crippen LogP contribution in [-0.2, 0) is 6.18 Å². The number of nitrogens with zero attached hydrogens (tertiary/aromatic N) is 1. The van der Waals surface area contributed by atoms with Crippen molar-refractivity contribution in [3.63, 3.8) is 0 Å². The number of halogens is 3. The molecule has 9 heteroatoms. The van der Waals surface area contributed by atoms with Gasteiger partial charge in [0, 0.05) is 39.7 Å². The van der Waals surface area contributed by atoms with Crippen LogP contribution in [0.1, 0.15) is 18.1 Å². The van der Waals surface area contributed by atoms with E-state index in [9.17, 15) is 13.2 Å². The van der Waals surface area contributed by atoms with E-state index >= 15 is 0 Å². The molecule has 5 aromatic carbocycles. The molecule has 5 aromatic rings. The first kappa shape index (κ1) is 30.4. The lowest BCUT2D eigenvalue weighted by Crippen LogP contribution is -2.04. The maximum atomic E-state index is 11.9. The van der Waals surface area contributed by atoms with Crippen LogP contribution in [0.25, 0.3) is 10.8 Å². The molecule has 5 rings (SSSR count). The molecule has 0 aliphatic heterocycles. The highest BCUT2D eigenvalue weighted by atomic mass is 19.4. The van der Waals surface area contributed by atoms with Gasteiger partial charge in [-0.15, -0.1) is 0 Å². The quantitative estimate of drug-likeness (QED) is 0.133. The third-order valence-electron chi connectivity index (χ3n) is 5.65. The lowest BCUT2D eigenvalue weighted by Gasteiger charge is -2.05. The molecule has 6 nitrogen and oxygen atoms in total. The standard InChI is InChI=1S/C19H18N2O.C7H6F3N.C6H8N2/c1-2-22-15-9-7-14(8-10-15)13-21-19-12-11-18(20)16-5-3-4-6-17(16)19;8-7(9,10)5-1-3-6(11)4-2-5;7-5-1-2-6(8)4-3-5/h3-13H,2,20H2,1H3;1-4H,11H2;1-4H,7-8H2. The zero-order valence-electron chi connectivity index (χ0n) is 22.5. The van der Waals surface area contributed by atoms with E-state index in [0.29, 0.717) is 12.3 Å². The average Bonchev–Trinajstić information content (AvgIpc) is 2.96. The molecule has 0 amide bonds. The molecule has 8 N–H and O–H groups in total. The number of benzene rings is 5. The van der Waals surface area contributed by atoms with Gasteiger partial charge in [-0.3, -0.25) is 4.99 Å². The predicted molar refractivity (Wildman–Crippen MR) is 164 cm³/mol. The Hall–Kier alpha value is -5.18. The minimum absolute atomic E-state index is 0.331. The number of nitrogens with two attached hydrogens (primary N) is 4. The molecule has 0 aromatic heterocycles. The number of fused-ring (bicyclic) bond motifs is 1. The van der Waals surface area contributed by atoms with Crippen molar-refractivity contribution in [3.8, 4) is 5.75 Å². The molecule has 0 unspecified atom stereocenters. The lowest BCUT2D eigenvalue weighted by molar-refractivity contribution is -0.137. The molecule has 0 atom stereocenters. The summed E-state index contributed by atoms with van der Waals surface area (Å²) in [5.74, 6) is 0.873. The second-order valence-electron chi connectivity index (χ2n) is 8.77. The third kappa shape index (κ3) is 9.50. The molecule has 0 spiro atoms. The number of nitrogen functional groups attached to an aromatic ring is 4. The second-order valence-corrected chi connectivity index (χ2v) is 8.77. The Morgan fingerprint density at radius 1 is 0.659 bits per heavy atom. The van der Waals surface area contributed by atoms with Gasteiger partial charge in [-0.2, -0.15) is 13.2 Å². The van der Waals surface area contributed by atoms with Crippen LogP contribution >= 0.6 is 0 Å². The molecular formula is C32H32F3N5O. The maximum absolute atomic E-state index is 11.9. The fourth-order valence-corrected chi connectivity index (χ4v) is 3.55. The molecule has 0 fully saturated rings. The Balaban J connectivity index is 0.000000201. The minimum Gasteiger partial charge on any atom is -0.494 e. The van der Waals surface area contributed by atoms with Crippen molar-refractivity contribution in [3.05, 3.63) is 120 Å². The normalized spacial score (nSPS) is 10.8. The van der Waals surface area contributed by atoms with Gasteiger partial charge in [0.1, 0.15) is 5.75 Å². The van der Waals surface area contributed by atoms with Gasteiger partial charge >= 0.3 is 6.18 Å². The zero-order chi connectivity index (χ0) is 29.8. The molecule has 0 heterocycles. The summed E-state index contributed by atoms with van der Waals surface area (Å²) in [5, 5.41) is 2.09. The largest absolute Gasteiger partial charge is 0.494 e. The Labute approximate surface area is 237 Å². The fourth-order valence-electron chi connectivity index (χ4n) is 3.55. The number of hydrogen-bond acceptors (Lipinski definition) is 6. The summed E-state index contributed by atoms with van der Waals surface area (Å²) >= 11 is 0. The summed E-state index contributed by atoms with van der Waals surface area (Å²) in [4.78, 5) is 4.60. The molecule has 0 saturated carbocycles. The van der Waals surface area contributed by atoms with E-state index in [2.05, 4.69) is 4.99 Å². The summed E-state index contributed by atoms with van der Waals surface area (Å²) in [5.41, 5.74) is 25.8. The maximum Gasteiger partial charge on any atom is 0.416 e. The molecule has 212 valence electrons. The fraction of sp³-hybridized carbons (Fsp3) is 0.0938. The van der Waals surface area contributed by atoms with Crippen LogP contribution in [0.5, 0.6) is 5.75 Å². The molecule has 41 heavy (non-hydrogen) atoms. The van der Waals surface area contributed by atoms with E-state index in [4.69, 9.17) is 27.7 Å². The molecule has 0 radical (unpaired) electrons. The number of hydrogen-bond donors (Lipinski definition) is 4. The zero-order valence-corrected chi connectivity index (χ0v) is 22.5. The van der Waals surface area contributed by atoms with Crippen molar-refractivity contribution in [1.82, 2.24) is 0 Å². The number of ether oxygens (including phenoxy) is 1. The molecule has 0 aliphatic carbocycles. The summed E-state index contributed by atoms with van der Waals surface area (Å²) in [6, 6.07) is 31.2. The summed E-state index contributed by atoms with van der Waals surface area (Å²) < 4.78 is 41.1. The van der Waals surface area contributed by atoms with Crippen molar-refractivity contribution < 1.29 is 17.9 Å². The average molecular weight is 560 g/mol. The van der Waals surface area contributed by atoms with Crippen molar-refractivity contribution >= 4 is 45.4 Å². The molecule has 0 bridgehead atoms. The first-order chi connectivity index (χ1) is 19.6. The van der Waals surface area contributed by atoms with Crippen molar-refractivity contribution in [1.29, 1.82) is 0 Å². The van der Waals surface area contributed by atoms with Gasteiger partial charge < -0.3 is 27.7 Å². The van der Waals surface area contributed by atoms with Crippen molar-refractivity contribution in [2.45, 2.75) is 13.1 Å². The molecule has 0 saturated heterocycles. The minimum atomic E-state index is -4.27. The van der Waals surface area contributed by atoms with Gasteiger partial charge in [0.05, 0.1) is 17.9 Å². The van der Waals surface area contributed by atoms with Gasteiger partial charge in [0.25, 0.3) is 0 Å². The first-order valence-electron chi connectivity index (χ1n) is 12.6. The summed E-state index contributed by atoms with van der Waals surface area (Å²) in [6.45, 7) is 2.65. The number of alkyl halides is 3. The third-order valence-corrected chi connectivity index (χ3v) is 5.65. The van der Waals surface area contributed by atoms with Crippen LogP contribution in [0, 0.1) is 0 Å². The van der Waals surface area contributed by atoms with Crippen molar-refractivity contribution in [2.24, 2.45) is 4.99 Å². The van der Waals surface area contributed by atoms with E-state index < -0.39 is 11.7 Å². The van der Waals surface area contributed by atoms with Gasteiger partial charge in [0.15, 0.2) is 0 Å². The number of anilines is 4. The first-order valence-corrected chi connectivity index (χ1v) is 12.6. The predicted octanol–water partition coefficient (Wildman–Crippen LogP) is 7.71. The molecule has 0 aliphatic rings. The van der Waals surface area contributed by atoms with Crippen LogP contribution < -0.4 is 27.7 Å². The topological polar surface area (TPSA) is 126 Å². The second kappa shape index (κ2) is 14.3. The highest BCUT2D eigenvalue weighted by Crippen LogP contribution is 2.30. The highest BCUT2D eigenvalue weighted by molar-refractivity contribution is 6.01. The van der Waals surface area contributed by atoms with Gasteiger partial charge in [0.2, 0.25) is 0 Å². The molecular weight excluding hydrogens is 527 g/mol. The van der Waals surface area contributed by atoms with E-state index in [1.807, 2.05) is 73.8 Å². The van der Waals surface area contributed by atoms with Crippen LogP contribution in [-0.4, -0.2) is 12.8 Å². The van der Waals surface area contributed by atoms with E-state index in [-0.39, 0.29) is 0 Å².